The lowest BCUT2D eigenvalue weighted by molar-refractivity contribution is -0.384. The predicted molar refractivity (Wildman–Crippen MR) is 94.9 cm³/mol. The Hall–Kier alpha value is -3.32. The molecule has 1 amide bonds. The van der Waals surface area contributed by atoms with Gasteiger partial charge in [0.15, 0.2) is 0 Å². The number of hydrogen-bond acceptors (Lipinski definition) is 5. The molecule has 0 unspecified atom stereocenters. The highest BCUT2D eigenvalue weighted by molar-refractivity contribution is 6.32. The van der Waals surface area contributed by atoms with E-state index in [9.17, 15) is 14.9 Å². The molecule has 0 aliphatic heterocycles. The molecule has 7 nitrogen and oxygen atoms in total. The van der Waals surface area contributed by atoms with Gasteiger partial charge in [0, 0.05) is 28.6 Å². The summed E-state index contributed by atoms with van der Waals surface area (Å²) in [6, 6.07) is 14.5. The summed E-state index contributed by atoms with van der Waals surface area (Å²) < 4.78 is 0. The second-order valence-electron chi connectivity index (χ2n) is 5.06. The first-order valence-electron chi connectivity index (χ1n) is 7.18. The topological polar surface area (TPSA) is 97.5 Å². The molecular formula is C17H11ClN4O3. The molecule has 3 rings (SSSR count). The number of fused-ring (bicyclic) bond motifs is 1. The first-order chi connectivity index (χ1) is 12.0. The summed E-state index contributed by atoms with van der Waals surface area (Å²) in [5.74, 6) is -0.490. The Kier molecular flexibility index (Phi) is 4.67. The van der Waals surface area contributed by atoms with Crippen molar-refractivity contribution >= 4 is 40.3 Å². The van der Waals surface area contributed by atoms with Crippen LogP contribution in [0.1, 0.15) is 15.9 Å². The van der Waals surface area contributed by atoms with Crippen molar-refractivity contribution in [3.8, 4) is 0 Å². The van der Waals surface area contributed by atoms with Crippen LogP contribution in [0.3, 0.4) is 0 Å². The van der Waals surface area contributed by atoms with Crippen LogP contribution < -0.4 is 5.43 Å². The smallest absolute Gasteiger partial charge is 0.267 e. The van der Waals surface area contributed by atoms with Crippen molar-refractivity contribution in [1.82, 2.24) is 10.4 Å². The van der Waals surface area contributed by atoms with Gasteiger partial charge in [-0.2, -0.15) is 5.10 Å². The van der Waals surface area contributed by atoms with Gasteiger partial charge < -0.3 is 0 Å². The first kappa shape index (κ1) is 16.5. The molecule has 8 heteroatoms. The van der Waals surface area contributed by atoms with E-state index >= 15 is 0 Å². The highest BCUT2D eigenvalue weighted by Gasteiger charge is 2.09. The van der Waals surface area contributed by atoms with E-state index in [1.165, 1.54) is 30.5 Å². The minimum Gasteiger partial charge on any atom is -0.267 e. The summed E-state index contributed by atoms with van der Waals surface area (Å²) in [4.78, 5) is 26.3. The zero-order valence-corrected chi connectivity index (χ0v) is 13.5. The van der Waals surface area contributed by atoms with E-state index in [1.54, 1.807) is 0 Å². The lowest BCUT2D eigenvalue weighted by atomic mass is 10.2. The van der Waals surface area contributed by atoms with Gasteiger partial charge in [0.1, 0.15) is 5.15 Å². The molecule has 0 aliphatic carbocycles. The molecule has 124 valence electrons. The molecule has 0 bridgehead atoms. The van der Waals surface area contributed by atoms with Crippen LogP contribution in [0.2, 0.25) is 5.15 Å². The van der Waals surface area contributed by atoms with Crippen LogP contribution in [-0.4, -0.2) is 22.0 Å². The molecule has 3 aromatic rings. The molecule has 0 aliphatic rings. The number of para-hydroxylation sites is 1. The predicted octanol–water partition coefficient (Wildman–Crippen LogP) is 3.56. The van der Waals surface area contributed by atoms with E-state index in [0.717, 1.165) is 10.9 Å². The Bertz CT molecular complexity index is 987. The van der Waals surface area contributed by atoms with Gasteiger partial charge in [0.05, 0.1) is 16.7 Å². The number of non-ortho nitro benzene ring substituents is 1. The number of rotatable bonds is 4. The minimum absolute atomic E-state index is 0.0888. The highest BCUT2D eigenvalue weighted by atomic mass is 35.5. The van der Waals surface area contributed by atoms with Crippen LogP contribution in [0, 0.1) is 10.1 Å². The van der Waals surface area contributed by atoms with Crippen LogP contribution in [0.25, 0.3) is 10.9 Å². The number of nitrogens with zero attached hydrogens (tertiary/aromatic N) is 3. The first-order valence-corrected chi connectivity index (χ1v) is 7.55. The maximum Gasteiger partial charge on any atom is 0.271 e. The van der Waals surface area contributed by atoms with Crippen LogP contribution in [0.4, 0.5) is 5.69 Å². The molecule has 0 spiro atoms. The summed E-state index contributed by atoms with van der Waals surface area (Å²) in [5.41, 5.74) is 3.83. The third-order valence-electron chi connectivity index (χ3n) is 3.41. The van der Waals surface area contributed by atoms with Crippen LogP contribution >= 0.6 is 11.6 Å². The Morgan fingerprint density at radius 2 is 1.92 bits per heavy atom. The number of aromatic nitrogens is 1. The normalized spacial score (nSPS) is 10.9. The fraction of sp³-hybridized carbons (Fsp3) is 0. The van der Waals surface area contributed by atoms with Crippen molar-refractivity contribution in [2.24, 2.45) is 5.10 Å². The van der Waals surface area contributed by atoms with Gasteiger partial charge in [0.2, 0.25) is 0 Å². The molecule has 0 fully saturated rings. The lowest BCUT2D eigenvalue weighted by Gasteiger charge is -2.02. The number of hydrazone groups is 1. The second kappa shape index (κ2) is 7.06. The van der Waals surface area contributed by atoms with Gasteiger partial charge in [-0.05, 0) is 24.3 Å². The molecule has 0 atom stereocenters. The maximum atomic E-state index is 12.0. The molecule has 0 saturated heterocycles. The summed E-state index contributed by atoms with van der Waals surface area (Å²) in [5, 5.41) is 15.6. The molecule has 25 heavy (non-hydrogen) atoms. The number of benzene rings is 2. The van der Waals surface area contributed by atoms with Gasteiger partial charge in [-0.1, -0.05) is 29.8 Å². The quantitative estimate of drug-likeness (QED) is 0.335. The lowest BCUT2D eigenvalue weighted by Crippen LogP contribution is -2.17. The van der Waals surface area contributed by atoms with Crippen molar-refractivity contribution < 1.29 is 9.72 Å². The fourth-order valence-electron chi connectivity index (χ4n) is 2.16. The Balaban J connectivity index is 1.73. The third kappa shape index (κ3) is 3.78. The van der Waals surface area contributed by atoms with E-state index in [0.29, 0.717) is 5.56 Å². The van der Waals surface area contributed by atoms with Crippen LogP contribution in [0.15, 0.2) is 59.7 Å². The van der Waals surface area contributed by atoms with Crippen LogP contribution in [-0.2, 0) is 0 Å². The van der Waals surface area contributed by atoms with Crippen molar-refractivity contribution in [1.29, 1.82) is 0 Å². The van der Waals surface area contributed by atoms with Gasteiger partial charge in [-0.15, -0.1) is 0 Å². The minimum atomic E-state index is -0.533. The average Bonchev–Trinajstić information content (AvgIpc) is 2.62. The highest BCUT2D eigenvalue weighted by Crippen LogP contribution is 2.19. The SMILES string of the molecule is O=C(N/N=C\c1cc2ccccc2nc1Cl)c1ccc([N+](=O)[O-])cc1. The Labute approximate surface area is 147 Å². The van der Waals surface area contributed by atoms with Crippen LogP contribution in [0.5, 0.6) is 0 Å². The molecule has 0 saturated carbocycles. The van der Waals surface area contributed by atoms with Crippen molar-refractivity contribution in [2.75, 3.05) is 0 Å². The number of halogens is 1. The second-order valence-corrected chi connectivity index (χ2v) is 5.42. The Morgan fingerprint density at radius 3 is 2.64 bits per heavy atom. The van der Waals surface area contributed by atoms with Gasteiger partial charge >= 0.3 is 0 Å². The van der Waals surface area contributed by atoms with Crippen molar-refractivity contribution in [2.45, 2.75) is 0 Å². The number of carbonyl (C=O) groups excluding carboxylic acids is 1. The number of amides is 1. The zero-order valence-electron chi connectivity index (χ0n) is 12.7. The third-order valence-corrected chi connectivity index (χ3v) is 3.72. The summed E-state index contributed by atoms with van der Waals surface area (Å²) in [7, 11) is 0. The number of carbonyl (C=O) groups is 1. The van der Waals surface area contributed by atoms with E-state index in [-0.39, 0.29) is 16.4 Å². The number of nitrogens with one attached hydrogen (secondary N) is 1. The maximum absolute atomic E-state index is 12.0. The van der Waals surface area contributed by atoms with E-state index < -0.39 is 10.8 Å². The molecule has 2 aromatic carbocycles. The molecule has 1 aromatic heterocycles. The Morgan fingerprint density at radius 1 is 1.20 bits per heavy atom. The van der Waals surface area contributed by atoms with E-state index in [4.69, 9.17) is 11.6 Å². The number of nitro groups is 1. The number of pyridine rings is 1. The molecule has 1 heterocycles. The molecule has 1 N–H and O–H groups in total. The fourth-order valence-corrected chi connectivity index (χ4v) is 2.35. The van der Waals surface area contributed by atoms with Gasteiger partial charge in [-0.25, -0.2) is 10.4 Å². The largest absolute Gasteiger partial charge is 0.271 e. The van der Waals surface area contributed by atoms with Crippen molar-refractivity contribution in [3.63, 3.8) is 0 Å². The van der Waals surface area contributed by atoms with Crippen molar-refractivity contribution in [3.05, 3.63) is 81.0 Å². The molecule has 0 radical (unpaired) electrons. The van der Waals surface area contributed by atoms with E-state index in [1.807, 2.05) is 30.3 Å². The molecular weight excluding hydrogens is 344 g/mol. The number of nitro benzene ring substituents is 1. The summed E-state index contributed by atoms with van der Waals surface area (Å²) >= 11 is 6.10. The van der Waals surface area contributed by atoms with Gasteiger partial charge in [-0.3, -0.25) is 14.9 Å². The standard InChI is InChI=1S/C17H11ClN4O3/c18-16-13(9-12-3-1-2-4-15(12)20-16)10-19-21-17(23)11-5-7-14(8-6-11)22(24)25/h1-10H,(H,21,23)/b19-10-. The zero-order chi connectivity index (χ0) is 17.8. The summed E-state index contributed by atoms with van der Waals surface area (Å²) in [6.07, 6.45) is 1.39. The summed E-state index contributed by atoms with van der Waals surface area (Å²) in [6.45, 7) is 0. The monoisotopic (exact) mass is 354 g/mol. The average molecular weight is 355 g/mol. The number of hydrogen-bond donors (Lipinski definition) is 1. The van der Waals surface area contributed by atoms with E-state index in [2.05, 4.69) is 15.5 Å². The van der Waals surface area contributed by atoms with Gasteiger partial charge in [0.25, 0.3) is 11.6 Å².